The Balaban J connectivity index is 2.17. The molecule has 0 fully saturated rings. The Bertz CT molecular complexity index is 443. The Morgan fingerprint density at radius 2 is 1.67 bits per heavy atom. The van der Waals surface area contributed by atoms with E-state index in [1.807, 2.05) is 31.2 Å². The summed E-state index contributed by atoms with van der Waals surface area (Å²) in [6.07, 6.45) is 2.78. The normalized spacial score (nSPS) is 10.0. The first-order valence-corrected chi connectivity index (χ1v) is 7.32. The van der Waals surface area contributed by atoms with Gasteiger partial charge in [-0.2, -0.15) is 0 Å². The van der Waals surface area contributed by atoms with Gasteiger partial charge in [-0.1, -0.05) is 25.5 Å². The number of ether oxygens (including phenoxy) is 1. The van der Waals surface area contributed by atoms with E-state index in [4.69, 9.17) is 4.74 Å². The predicted molar refractivity (Wildman–Crippen MR) is 82.2 cm³/mol. The summed E-state index contributed by atoms with van der Waals surface area (Å²) in [7, 11) is 1.61. The summed E-state index contributed by atoms with van der Waals surface area (Å²) in [6, 6.07) is 7.39. The Labute approximate surface area is 126 Å². The average Bonchev–Trinajstić information content (AvgIpc) is 2.50. The molecule has 0 unspecified atom stereocenters. The summed E-state index contributed by atoms with van der Waals surface area (Å²) in [5.41, 5.74) is 0.931. The number of amides is 2. The molecule has 5 nitrogen and oxygen atoms in total. The third-order valence-electron chi connectivity index (χ3n) is 3.05. The average molecular weight is 292 g/mol. The van der Waals surface area contributed by atoms with Crippen LogP contribution in [-0.4, -0.2) is 32.0 Å². The molecule has 0 bridgehead atoms. The number of methoxy groups -OCH3 is 1. The van der Waals surface area contributed by atoms with Crippen LogP contribution in [0.1, 0.15) is 31.7 Å². The van der Waals surface area contributed by atoms with Crippen LogP contribution < -0.4 is 15.4 Å². The van der Waals surface area contributed by atoms with Crippen molar-refractivity contribution in [2.45, 2.75) is 32.6 Å². The maximum Gasteiger partial charge on any atom is 0.224 e. The van der Waals surface area contributed by atoms with Gasteiger partial charge in [-0.15, -0.1) is 0 Å². The standard InChI is InChI=1S/C16H24N2O3/c1-3-4-5-15(19)17-10-11-18-16(20)12-13-6-8-14(21-2)9-7-13/h6-9H,3-5,10-12H2,1-2H3,(H,17,19)(H,18,20). The molecule has 1 aromatic carbocycles. The summed E-state index contributed by atoms with van der Waals surface area (Å²) >= 11 is 0. The Hall–Kier alpha value is -2.04. The first-order valence-electron chi connectivity index (χ1n) is 7.32. The molecule has 0 aliphatic rings. The highest BCUT2D eigenvalue weighted by molar-refractivity contribution is 5.79. The van der Waals surface area contributed by atoms with Gasteiger partial charge in [0.25, 0.3) is 0 Å². The Morgan fingerprint density at radius 1 is 1.05 bits per heavy atom. The van der Waals surface area contributed by atoms with E-state index >= 15 is 0 Å². The van der Waals surface area contributed by atoms with Gasteiger partial charge in [-0.3, -0.25) is 9.59 Å². The molecule has 2 N–H and O–H groups in total. The second kappa shape index (κ2) is 9.80. The molecule has 0 aromatic heterocycles. The van der Waals surface area contributed by atoms with Gasteiger partial charge < -0.3 is 15.4 Å². The quantitative estimate of drug-likeness (QED) is 0.680. The van der Waals surface area contributed by atoms with Crippen LogP contribution in [0.5, 0.6) is 5.75 Å². The third kappa shape index (κ3) is 7.34. The third-order valence-corrected chi connectivity index (χ3v) is 3.05. The van der Waals surface area contributed by atoms with Crippen molar-refractivity contribution in [3.63, 3.8) is 0 Å². The molecule has 2 amide bonds. The van der Waals surface area contributed by atoms with Crippen LogP contribution >= 0.6 is 0 Å². The minimum Gasteiger partial charge on any atom is -0.497 e. The number of benzene rings is 1. The number of nitrogens with one attached hydrogen (secondary N) is 2. The number of carbonyl (C=O) groups excluding carboxylic acids is 2. The first-order chi connectivity index (χ1) is 10.2. The van der Waals surface area contributed by atoms with E-state index in [0.717, 1.165) is 24.2 Å². The molecule has 116 valence electrons. The smallest absolute Gasteiger partial charge is 0.224 e. The van der Waals surface area contributed by atoms with E-state index in [1.165, 1.54) is 0 Å². The molecule has 0 aliphatic carbocycles. The van der Waals surface area contributed by atoms with Crippen LogP contribution in [0.4, 0.5) is 0 Å². The lowest BCUT2D eigenvalue weighted by molar-refractivity contribution is -0.122. The highest BCUT2D eigenvalue weighted by Crippen LogP contribution is 2.11. The van der Waals surface area contributed by atoms with Crippen molar-refractivity contribution in [3.05, 3.63) is 29.8 Å². The number of hydrogen-bond donors (Lipinski definition) is 2. The molecule has 0 spiro atoms. The SMILES string of the molecule is CCCCC(=O)NCCNC(=O)Cc1ccc(OC)cc1. The van der Waals surface area contributed by atoms with E-state index < -0.39 is 0 Å². The van der Waals surface area contributed by atoms with Gasteiger partial charge >= 0.3 is 0 Å². The molecule has 5 heteroatoms. The minimum absolute atomic E-state index is 0.0428. The second-order valence-corrected chi connectivity index (χ2v) is 4.83. The monoisotopic (exact) mass is 292 g/mol. The molecule has 0 aliphatic heterocycles. The molecule has 0 radical (unpaired) electrons. The minimum atomic E-state index is -0.0528. The van der Waals surface area contributed by atoms with Crippen molar-refractivity contribution < 1.29 is 14.3 Å². The van der Waals surface area contributed by atoms with Gasteiger partial charge in [-0.25, -0.2) is 0 Å². The molecule has 0 saturated carbocycles. The van der Waals surface area contributed by atoms with Gasteiger partial charge in [0, 0.05) is 19.5 Å². The predicted octanol–water partition coefficient (Wildman–Crippen LogP) is 1.66. The van der Waals surface area contributed by atoms with Gasteiger partial charge in [0.05, 0.1) is 13.5 Å². The second-order valence-electron chi connectivity index (χ2n) is 4.83. The van der Waals surface area contributed by atoms with Crippen LogP contribution in [-0.2, 0) is 16.0 Å². The van der Waals surface area contributed by atoms with Crippen molar-refractivity contribution in [2.24, 2.45) is 0 Å². The van der Waals surface area contributed by atoms with E-state index in [-0.39, 0.29) is 11.8 Å². The van der Waals surface area contributed by atoms with Crippen molar-refractivity contribution in [1.82, 2.24) is 10.6 Å². The summed E-state index contributed by atoms with van der Waals surface area (Å²) in [5.74, 6) is 0.762. The number of carbonyl (C=O) groups is 2. The molecule has 1 aromatic rings. The molecule has 0 saturated heterocycles. The number of hydrogen-bond acceptors (Lipinski definition) is 3. The van der Waals surface area contributed by atoms with Crippen molar-refractivity contribution in [3.8, 4) is 5.75 Å². The van der Waals surface area contributed by atoms with Crippen LogP contribution in [0.15, 0.2) is 24.3 Å². The number of rotatable bonds is 9. The fourth-order valence-corrected chi connectivity index (χ4v) is 1.82. The lowest BCUT2D eigenvalue weighted by atomic mass is 10.1. The molecule has 0 heterocycles. The summed E-state index contributed by atoms with van der Waals surface area (Å²) < 4.78 is 5.06. The maximum atomic E-state index is 11.7. The van der Waals surface area contributed by atoms with Crippen LogP contribution in [0.3, 0.4) is 0 Å². The first kappa shape index (κ1) is 17.0. The lowest BCUT2D eigenvalue weighted by Gasteiger charge is -2.07. The highest BCUT2D eigenvalue weighted by atomic mass is 16.5. The molecule has 0 atom stereocenters. The van der Waals surface area contributed by atoms with Crippen molar-refractivity contribution in [1.29, 1.82) is 0 Å². The van der Waals surface area contributed by atoms with E-state index in [9.17, 15) is 9.59 Å². The summed E-state index contributed by atoms with van der Waals surface area (Å²) in [4.78, 5) is 23.1. The zero-order chi connectivity index (χ0) is 15.5. The van der Waals surface area contributed by atoms with E-state index in [0.29, 0.717) is 25.9 Å². The van der Waals surface area contributed by atoms with E-state index in [1.54, 1.807) is 7.11 Å². The maximum absolute atomic E-state index is 11.7. The van der Waals surface area contributed by atoms with Gasteiger partial charge in [-0.05, 0) is 24.1 Å². The lowest BCUT2D eigenvalue weighted by Crippen LogP contribution is -2.35. The van der Waals surface area contributed by atoms with Crippen LogP contribution in [0, 0.1) is 0 Å². The topological polar surface area (TPSA) is 67.4 Å². The molecular weight excluding hydrogens is 268 g/mol. The van der Waals surface area contributed by atoms with E-state index in [2.05, 4.69) is 10.6 Å². The van der Waals surface area contributed by atoms with Gasteiger partial charge in [0.1, 0.15) is 5.75 Å². The largest absolute Gasteiger partial charge is 0.497 e. The molecule has 21 heavy (non-hydrogen) atoms. The number of unbranched alkanes of at least 4 members (excludes halogenated alkanes) is 1. The van der Waals surface area contributed by atoms with Crippen molar-refractivity contribution in [2.75, 3.05) is 20.2 Å². The van der Waals surface area contributed by atoms with Crippen LogP contribution in [0.25, 0.3) is 0 Å². The van der Waals surface area contributed by atoms with Crippen molar-refractivity contribution >= 4 is 11.8 Å². The Morgan fingerprint density at radius 3 is 2.24 bits per heavy atom. The fourth-order valence-electron chi connectivity index (χ4n) is 1.82. The zero-order valence-corrected chi connectivity index (χ0v) is 12.8. The summed E-state index contributed by atoms with van der Waals surface area (Å²) in [6.45, 7) is 2.97. The zero-order valence-electron chi connectivity index (χ0n) is 12.8. The van der Waals surface area contributed by atoms with Gasteiger partial charge in [0.15, 0.2) is 0 Å². The van der Waals surface area contributed by atoms with Crippen LogP contribution in [0.2, 0.25) is 0 Å². The Kier molecular flexibility index (Phi) is 7.94. The molecular formula is C16H24N2O3. The van der Waals surface area contributed by atoms with Gasteiger partial charge in [0.2, 0.25) is 11.8 Å². The highest BCUT2D eigenvalue weighted by Gasteiger charge is 2.04. The summed E-state index contributed by atoms with van der Waals surface area (Å²) in [5, 5.41) is 5.57. The molecule has 1 rings (SSSR count). The fraction of sp³-hybridized carbons (Fsp3) is 0.500.